The van der Waals surface area contributed by atoms with Crippen LogP contribution in [0.2, 0.25) is 0 Å². The number of nitrogens with one attached hydrogen (secondary N) is 1. The molecule has 1 N–H and O–H groups in total. The number of carbonyl (C=O) groups is 1. The molecule has 0 spiro atoms. The average molecular weight is 405 g/mol. The molecular weight excluding hydrogens is 388 g/mol. The number of rotatable bonds is 1. The maximum Gasteiger partial charge on any atom is 0.407 e. The van der Waals surface area contributed by atoms with Crippen molar-refractivity contribution in [1.29, 1.82) is 0 Å². The molecule has 1 aliphatic heterocycles. The Morgan fingerprint density at radius 3 is 2.37 bits per heavy atom. The Balaban J connectivity index is 0.000000197. The monoisotopic (exact) mass is 405 g/mol. The van der Waals surface area contributed by atoms with Crippen LogP contribution in [0.3, 0.4) is 0 Å². The van der Waals surface area contributed by atoms with Gasteiger partial charge in [-0.2, -0.15) is 0 Å². The number of benzene rings is 1. The molecule has 150 valence electrons. The van der Waals surface area contributed by atoms with E-state index in [0.717, 1.165) is 29.5 Å². The number of aromatic nitrogens is 2. The number of alkyl carbamates (subject to hydrolysis) is 1. The van der Waals surface area contributed by atoms with Gasteiger partial charge in [0, 0.05) is 35.8 Å². The Hall–Kier alpha value is -4.23. The number of hydrogen-bond donors (Lipinski definition) is 1. The molecule has 7 heteroatoms. The second kappa shape index (κ2) is 11.6. The molecule has 30 heavy (non-hydrogen) atoms. The van der Waals surface area contributed by atoms with Crippen molar-refractivity contribution >= 4 is 6.09 Å². The van der Waals surface area contributed by atoms with E-state index in [1.807, 2.05) is 30.3 Å². The molecule has 1 aliphatic rings. The van der Waals surface area contributed by atoms with Gasteiger partial charge in [0.05, 0.1) is 6.54 Å². The zero-order valence-corrected chi connectivity index (χ0v) is 15.8. The van der Waals surface area contributed by atoms with Crippen LogP contribution in [0.4, 0.5) is 13.6 Å². The molecule has 0 aliphatic carbocycles. The van der Waals surface area contributed by atoms with E-state index in [9.17, 15) is 13.6 Å². The van der Waals surface area contributed by atoms with E-state index >= 15 is 0 Å². The highest BCUT2D eigenvalue weighted by atomic mass is 19.1. The summed E-state index contributed by atoms with van der Waals surface area (Å²) in [6.07, 6.45) is 12.0. The van der Waals surface area contributed by atoms with Crippen molar-refractivity contribution in [2.75, 3.05) is 6.54 Å². The lowest BCUT2D eigenvalue weighted by atomic mass is 10.1. The summed E-state index contributed by atoms with van der Waals surface area (Å²) >= 11 is 0. The van der Waals surface area contributed by atoms with Crippen LogP contribution in [0.1, 0.15) is 22.9 Å². The van der Waals surface area contributed by atoms with Gasteiger partial charge < -0.3 is 10.1 Å². The van der Waals surface area contributed by atoms with Crippen LogP contribution in [0.25, 0.3) is 0 Å². The van der Waals surface area contributed by atoms with Crippen molar-refractivity contribution < 1.29 is 18.3 Å². The van der Waals surface area contributed by atoms with Crippen molar-refractivity contribution in [3.05, 3.63) is 95.6 Å². The van der Waals surface area contributed by atoms with Gasteiger partial charge in [0.15, 0.2) is 0 Å². The lowest BCUT2D eigenvalue weighted by Gasteiger charge is -2.07. The molecule has 5 nitrogen and oxygen atoms in total. The van der Waals surface area contributed by atoms with E-state index in [4.69, 9.17) is 4.74 Å². The van der Waals surface area contributed by atoms with Crippen molar-refractivity contribution in [2.24, 2.45) is 0 Å². The number of halogens is 2. The van der Waals surface area contributed by atoms with Gasteiger partial charge in [-0.25, -0.2) is 18.6 Å². The fourth-order valence-electron chi connectivity index (χ4n) is 2.35. The van der Waals surface area contributed by atoms with Crippen LogP contribution >= 0.6 is 0 Å². The fraction of sp³-hybridized carbons (Fsp3) is 0.0870. The van der Waals surface area contributed by atoms with Crippen LogP contribution in [-0.2, 0) is 4.74 Å². The third-order valence-electron chi connectivity index (χ3n) is 3.60. The Labute approximate surface area is 173 Å². The third-order valence-corrected chi connectivity index (χ3v) is 3.60. The average Bonchev–Trinajstić information content (AvgIpc) is 3.21. The van der Waals surface area contributed by atoms with Crippen LogP contribution in [0.15, 0.2) is 67.1 Å². The molecule has 3 heterocycles. The van der Waals surface area contributed by atoms with E-state index in [-0.39, 0.29) is 6.54 Å². The van der Waals surface area contributed by atoms with Gasteiger partial charge >= 0.3 is 6.09 Å². The summed E-state index contributed by atoms with van der Waals surface area (Å²) in [4.78, 5) is 18.7. The number of ether oxygens (including phenoxy) is 1. The first-order valence-corrected chi connectivity index (χ1v) is 8.67. The minimum atomic E-state index is -0.678. The number of hydrogen-bond acceptors (Lipinski definition) is 4. The van der Waals surface area contributed by atoms with Gasteiger partial charge in [0.2, 0.25) is 0 Å². The van der Waals surface area contributed by atoms with E-state index < -0.39 is 23.8 Å². The third kappa shape index (κ3) is 7.06. The maximum absolute atomic E-state index is 12.8. The first-order valence-electron chi connectivity index (χ1n) is 8.67. The Bertz CT molecular complexity index is 982. The van der Waals surface area contributed by atoms with Gasteiger partial charge in [-0.15, -0.1) is 12.8 Å². The lowest BCUT2D eigenvalue weighted by molar-refractivity contribution is 0.140. The van der Waals surface area contributed by atoms with E-state index in [0.29, 0.717) is 5.56 Å². The SMILES string of the molecule is C#C.C(#Cc1ccccn1)c1cccnc1.O=C1NC[C@H](c2cc(F)cc(F)c2)O1. The van der Waals surface area contributed by atoms with Crippen LogP contribution in [-0.4, -0.2) is 22.6 Å². The summed E-state index contributed by atoms with van der Waals surface area (Å²) in [5, 5.41) is 2.40. The molecule has 0 saturated carbocycles. The molecule has 0 radical (unpaired) electrons. The molecule has 1 saturated heterocycles. The van der Waals surface area contributed by atoms with Crippen molar-refractivity contribution in [2.45, 2.75) is 6.10 Å². The summed E-state index contributed by atoms with van der Waals surface area (Å²) in [6.45, 7) is 0.238. The van der Waals surface area contributed by atoms with E-state index in [1.165, 1.54) is 0 Å². The number of carbonyl (C=O) groups excluding carboxylic acids is 1. The minimum Gasteiger partial charge on any atom is -0.439 e. The molecule has 3 aromatic rings. The molecule has 4 rings (SSSR count). The number of nitrogens with zero attached hydrogens (tertiary/aromatic N) is 2. The molecule has 1 aromatic carbocycles. The van der Waals surface area contributed by atoms with Crippen LogP contribution in [0.5, 0.6) is 0 Å². The van der Waals surface area contributed by atoms with Gasteiger partial charge in [0.1, 0.15) is 23.4 Å². The largest absolute Gasteiger partial charge is 0.439 e. The van der Waals surface area contributed by atoms with Gasteiger partial charge in [-0.05, 0) is 42.3 Å². The lowest BCUT2D eigenvalue weighted by Crippen LogP contribution is -2.12. The highest BCUT2D eigenvalue weighted by Gasteiger charge is 2.24. The standard InChI is InChI=1S/C12H8N2.C9H7F2NO2.C2H2/c1-2-9-14-12(5-1)7-6-11-4-3-8-13-10-11;10-6-1-5(2-7(11)3-6)8-4-12-9(13)14-8;1-2/h1-5,8-10H;1-3,8H,4H2,(H,12,13);1-2H/t;8-;/m.1./s1. The van der Waals surface area contributed by atoms with Gasteiger partial charge in [0.25, 0.3) is 0 Å². The van der Waals surface area contributed by atoms with Gasteiger partial charge in [-0.3, -0.25) is 4.98 Å². The second-order valence-electron chi connectivity index (χ2n) is 5.68. The first-order chi connectivity index (χ1) is 14.6. The van der Waals surface area contributed by atoms with Crippen molar-refractivity contribution in [3.63, 3.8) is 0 Å². The highest BCUT2D eigenvalue weighted by Crippen LogP contribution is 2.22. The molecular formula is C23H17F2N3O2. The quantitative estimate of drug-likeness (QED) is 0.625. The smallest absolute Gasteiger partial charge is 0.407 e. The fourth-order valence-corrected chi connectivity index (χ4v) is 2.35. The predicted molar refractivity (Wildman–Crippen MR) is 108 cm³/mol. The number of amides is 1. The minimum absolute atomic E-state index is 0.238. The van der Waals surface area contributed by atoms with E-state index in [2.05, 4.69) is 40.0 Å². The normalized spacial score (nSPS) is 13.7. The van der Waals surface area contributed by atoms with Crippen LogP contribution < -0.4 is 5.32 Å². The summed E-state index contributed by atoms with van der Waals surface area (Å²) in [5.74, 6) is 4.59. The van der Waals surface area contributed by atoms with Crippen molar-refractivity contribution in [1.82, 2.24) is 15.3 Å². The Kier molecular flexibility index (Phi) is 8.51. The molecule has 1 atom stereocenters. The Morgan fingerprint density at radius 1 is 1.03 bits per heavy atom. The zero-order chi connectivity index (χ0) is 21.8. The zero-order valence-electron chi connectivity index (χ0n) is 15.8. The summed E-state index contributed by atoms with van der Waals surface area (Å²) in [7, 11) is 0. The van der Waals surface area contributed by atoms with Gasteiger partial charge in [-0.1, -0.05) is 12.0 Å². The molecule has 1 fully saturated rings. The number of cyclic esters (lactones) is 1. The Morgan fingerprint density at radius 2 is 1.80 bits per heavy atom. The number of pyridine rings is 2. The van der Waals surface area contributed by atoms with Crippen molar-refractivity contribution in [3.8, 4) is 24.7 Å². The highest BCUT2D eigenvalue weighted by molar-refractivity contribution is 5.69. The summed E-state index contributed by atoms with van der Waals surface area (Å²) in [6, 6.07) is 12.5. The second-order valence-corrected chi connectivity index (χ2v) is 5.68. The molecule has 0 unspecified atom stereocenters. The number of terminal acetylenes is 1. The summed E-state index contributed by atoms with van der Waals surface area (Å²) in [5.41, 5.74) is 2.00. The molecule has 0 bridgehead atoms. The maximum atomic E-state index is 12.8. The topological polar surface area (TPSA) is 64.1 Å². The van der Waals surface area contributed by atoms with E-state index in [1.54, 1.807) is 18.6 Å². The molecule has 2 aromatic heterocycles. The van der Waals surface area contributed by atoms with Crippen LogP contribution in [0, 0.1) is 36.3 Å². The molecule has 1 amide bonds. The summed E-state index contributed by atoms with van der Waals surface area (Å²) < 4.78 is 30.3. The first kappa shape index (κ1) is 22.1. The predicted octanol–water partition coefficient (Wildman–Crippen LogP) is 3.87.